The number of hydrogen-bond donors (Lipinski definition) is 1. The van der Waals surface area contributed by atoms with Gasteiger partial charge >= 0.3 is 6.09 Å². The lowest BCUT2D eigenvalue weighted by Crippen LogP contribution is -2.23. The van der Waals surface area contributed by atoms with Gasteiger partial charge in [-0.05, 0) is 17.2 Å². The molecule has 0 radical (unpaired) electrons. The second-order valence-corrected chi connectivity index (χ2v) is 5.37. The molecule has 24 heavy (non-hydrogen) atoms. The topological polar surface area (TPSA) is 69.0 Å². The van der Waals surface area contributed by atoms with E-state index in [4.69, 9.17) is 4.74 Å². The average Bonchev–Trinajstić information content (AvgIpc) is 3.06. The Labute approximate surface area is 140 Å². The first-order chi connectivity index (χ1) is 11.7. The zero-order valence-electron chi connectivity index (χ0n) is 13.3. The van der Waals surface area contributed by atoms with Crippen LogP contribution in [-0.4, -0.2) is 20.9 Å². The quantitative estimate of drug-likeness (QED) is 0.784. The first-order valence-electron chi connectivity index (χ1n) is 7.59. The Hall–Kier alpha value is -3.15. The molecule has 6 heteroatoms. The van der Waals surface area contributed by atoms with Gasteiger partial charge in [-0.25, -0.2) is 4.79 Å². The summed E-state index contributed by atoms with van der Waals surface area (Å²) in [7, 11) is 1.86. The van der Waals surface area contributed by atoms with Gasteiger partial charge in [0.25, 0.3) is 0 Å². The fraction of sp³-hybridized carbons (Fsp3) is 0.167. The molecule has 3 rings (SSSR count). The Kier molecular flexibility index (Phi) is 4.86. The van der Waals surface area contributed by atoms with Crippen molar-refractivity contribution in [3.63, 3.8) is 0 Å². The summed E-state index contributed by atoms with van der Waals surface area (Å²) in [4.78, 5) is 16.1. The molecule has 0 unspecified atom stereocenters. The van der Waals surface area contributed by atoms with Crippen LogP contribution < -0.4 is 5.32 Å². The van der Waals surface area contributed by atoms with E-state index in [0.717, 1.165) is 22.4 Å². The van der Waals surface area contributed by atoms with E-state index in [9.17, 15) is 4.79 Å². The molecule has 0 aliphatic carbocycles. The van der Waals surface area contributed by atoms with Crippen molar-refractivity contribution in [3.05, 3.63) is 72.2 Å². The Balaban J connectivity index is 1.48. The van der Waals surface area contributed by atoms with Gasteiger partial charge < -0.3 is 10.1 Å². The Morgan fingerprint density at radius 3 is 2.62 bits per heavy atom. The molecule has 122 valence electrons. The van der Waals surface area contributed by atoms with Gasteiger partial charge in [-0.15, -0.1) is 0 Å². The number of rotatable bonds is 5. The summed E-state index contributed by atoms with van der Waals surface area (Å²) >= 11 is 0. The van der Waals surface area contributed by atoms with Crippen LogP contribution in [0.5, 0.6) is 0 Å². The minimum absolute atomic E-state index is 0.255. The SMILES string of the molecule is Cn1cc(-c2ccc(CNC(=O)OCc3ccccc3)cn2)cn1. The van der Waals surface area contributed by atoms with Crippen molar-refractivity contribution in [1.29, 1.82) is 0 Å². The van der Waals surface area contributed by atoms with E-state index in [0.29, 0.717) is 6.54 Å². The molecule has 1 amide bonds. The summed E-state index contributed by atoms with van der Waals surface area (Å²) in [6, 6.07) is 13.4. The van der Waals surface area contributed by atoms with Gasteiger partial charge in [0.1, 0.15) is 6.61 Å². The van der Waals surface area contributed by atoms with Crippen molar-refractivity contribution < 1.29 is 9.53 Å². The maximum absolute atomic E-state index is 11.7. The number of ether oxygens (including phenoxy) is 1. The van der Waals surface area contributed by atoms with E-state index >= 15 is 0 Å². The van der Waals surface area contributed by atoms with Crippen molar-refractivity contribution in [2.24, 2.45) is 7.05 Å². The van der Waals surface area contributed by atoms with Gasteiger partial charge in [0, 0.05) is 31.5 Å². The number of pyridine rings is 1. The molecule has 0 saturated carbocycles. The molecule has 2 aromatic heterocycles. The van der Waals surface area contributed by atoms with E-state index in [2.05, 4.69) is 15.4 Å². The van der Waals surface area contributed by atoms with Gasteiger partial charge in [0.05, 0.1) is 11.9 Å². The Morgan fingerprint density at radius 1 is 1.12 bits per heavy atom. The second kappa shape index (κ2) is 7.41. The first-order valence-corrected chi connectivity index (χ1v) is 7.59. The van der Waals surface area contributed by atoms with Crippen molar-refractivity contribution in [3.8, 4) is 11.3 Å². The number of nitrogens with zero attached hydrogens (tertiary/aromatic N) is 3. The number of carbonyl (C=O) groups is 1. The maximum Gasteiger partial charge on any atom is 0.407 e. The van der Waals surface area contributed by atoms with Crippen LogP contribution in [0.15, 0.2) is 61.1 Å². The number of carbonyl (C=O) groups excluding carboxylic acids is 1. The summed E-state index contributed by atoms with van der Waals surface area (Å²) in [5.41, 5.74) is 3.66. The number of aryl methyl sites for hydroxylation is 1. The fourth-order valence-corrected chi connectivity index (χ4v) is 2.20. The molecule has 0 aliphatic heterocycles. The summed E-state index contributed by atoms with van der Waals surface area (Å²) in [5.74, 6) is 0. The van der Waals surface area contributed by atoms with E-state index in [1.54, 1.807) is 17.1 Å². The van der Waals surface area contributed by atoms with Crippen LogP contribution in [0.4, 0.5) is 4.79 Å². The van der Waals surface area contributed by atoms with Crippen LogP contribution in [0, 0.1) is 0 Å². The zero-order valence-corrected chi connectivity index (χ0v) is 13.3. The molecule has 0 spiro atoms. The summed E-state index contributed by atoms with van der Waals surface area (Å²) in [6.07, 6.45) is 4.96. The summed E-state index contributed by atoms with van der Waals surface area (Å²) in [6.45, 7) is 0.624. The van der Waals surface area contributed by atoms with Crippen molar-refractivity contribution >= 4 is 6.09 Å². The van der Waals surface area contributed by atoms with E-state index < -0.39 is 6.09 Å². The molecule has 1 N–H and O–H groups in total. The molecular formula is C18H18N4O2. The smallest absolute Gasteiger partial charge is 0.407 e. The fourth-order valence-electron chi connectivity index (χ4n) is 2.20. The highest BCUT2D eigenvalue weighted by atomic mass is 16.5. The molecule has 0 atom stereocenters. The number of benzene rings is 1. The van der Waals surface area contributed by atoms with Crippen LogP contribution in [0.25, 0.3) is 11.3 Å². The Morgan fingerprint density at radius 2 is 1.96 bits per heavy atom. The second-order valence-electron chi connectivity index (χ2n) is 5.37. The van der Waals surface area contributed by atoms with Gasteiger partial charge in [-0.1, -0.05) is 36.4 Å². The van der Waals surface area contributed by atoms with Gasteiger partial charge in [0.15, 0.2) is 0 Å². The molecule has 0 saturated heterocycles. The molecule has 2 heterocycles. The normalized spacial score (nSPS) is 10.4. The molecular weight excluding hydrogens is 304 g/mol. The molecule has 0 fully saturated rings. The number of aromatic nitrogens is 3. The van der Waals surface area contributed by atoms with Crippen LogP contribution in [0.2, 0.25) is 0 Å². The number of alkyl carbamates (subject to hydrolysis) is 1. The molecule has 0 bridgehead atoms. The number of nitrogens with one attached hydrogen (secondary N) is 1. The summed E-state index contributed by atoms with van der Waals surface area (Å²) < 4.78 is 6.90. The van der Waals surface area contributed by atoms with Crippen molar-refractivity contribution in [2.75, 3.05) is 0 Å². The van der Waals surface area contributed by atoms with Gasteiger partial charge in [-0.3, -0.25) is 9.67 Å². The minimum atomic E-state index is -0.449. The highest BCUT2D eigenvalue weighted by molar-refractivity contribution is 5.67. The standard InChI is InChI=1S/C18H18N4O2/c1-22-12-16(11-21-22)17-8-7-15(9-19-17)10-20-18(23)24-13-14-5-3-2-4-6-14/h2-9,11-12H,10,13H2,1H3,(H,20,23). The third-order valence-corrected chi connectivity index (χ3v) is 3.47. The first kappa shape index (κ1) is 15.7. The highest BCUT2D eigenvalue weighted by Crippen LogP contribution is 2.15. The molecule has 1 aromatic carbocycles. The van der Waals surface area contributed by atoms with Crippen LogP contribution in [0.3, 0.4) is 0 Å². The molecule has 3 aromatic rings. The highest BCUT2D eigenvalue weighted by Gasteiger charge is 2.05. The largest absolute Gasteiger partial charge is 0.445 e. The predicted molar refractivity (Wildman–Crippen MR) is 89.9 cm³/mol. The van der Waals surface area contributed by atoms with E-state index in [-0.39, 0.29) is 6.61 Å². The Bertz CT molecular complexity index is 797. The van der Waals surface area contributed by atoms with E-state index in [1.807, 2.05) is 55.7 Å². The van der Waals surface area contributed by atoms with Gasteiger partial charge in [-0.2, -0.15) is 5.10 Å². The van der Waals surface area contributed by atoms with Gasteiger partial charge in [0.2, 0.25) is 0 Å². The molecule has 6 nitrogen and oxygen atoms in total. The summed E-state index contributed by atoms with van der Waals surface area (Å²) in [5, 5.41) is 6.84. The van der Waals surface area contributed by atoms with Crippen LogP contribution >= 0.6 is 0 Å². The lowest BCUT2D eigenvalue weighted by Gasteiger charge is -2.07. The van der Waals surface area contributed by atoms with Crippen molar-refractivity contribution in [1.82, 2.24) is 20.1 Å². The zero-order chi connectivity index (χ0) is 16.8. The van der Waals surface area contributed by atoms with E-state index in [1.165, 1.54) is 0 Å². The van der Waals surface area contributed by atoms with Crippen LogP contribution in [0.1, 0.15) is 11.1 Å². The third-order valence-electron chi connectivity index (χ3n) is 3.47. The molecule has 0 aliphatic rings. The minimum Gasteiger partial charge on any atom is -0.445 e. The number of amides is 1. The number of hydrogen-bond acceptors (Lipinski definition) is 4. The predicted octanol–water partition coefficient (Wildman–Crippen LogP) is 2.91. The third kappa shape index (κ3) is 4.19. The average molecular weight is 322 g/mol. The van der Waals surface area contributed by atoms with Crippen molar-refractivity contribution in [2.45, 2.75) is 13.2 Å². The monoisotopic (exact) mass is 322 g/mol. The maximum atomic E-state index is 11.7. The van der Waals surface area contributed by atoms with Crippen LogP contribution in [-0.2, 0) is 24.9 Å². The lowest BCUT2D eigenvalue weighted by molar-refractivity contribution is 0.139. The lowest BCUT2D eigenvalue weighted by atomic mass is 10.2.